The molecule has 26 heavy (non-hydrogen) atoms. The molecule has 1 saturated carbocycles. The lowest BCUT2D eigenvalue weighted by atomic mass is 9.97. The molecular formula is C21H29N3O2. The summed E-state index contributed by atoms with van der Waals surface area (Å²) in [6.07, 6.45) is 8.15. The first-order chi connectivity index (χ1) is 12.8. The lowest BCUT2D eigenvalue weighted by molar-refractivity contribution is 0.138. The molecule has 2 heterocycles. The maximum Gasteiger partial charge on any atom is 0.247 e. The van der Waals surface area contributed by atoms with Crippen LogP contribution in [0, 0.1) is 5.92 Å². The highest BCUT2D eigenvalue weighted by molar-refractivity contribution is 5.51. The van der Waals surface area contributed by atoms with Gasteiger partial charge in [0.25, 0.3) is 0 Å². The molecule has 0 N–H and O–H groups in total. The summed E-state index contributed by atoms with van der Waals surface area (Å²) >= 11 is 0. The smallest absolute Gasteiger partial charge is 0.247 e. The number of hydrogen-bond acceptors (Lipinski definition) is 5. The van der Waals surface area contributed by atoms with Crippen LogP contribution in [0.1, 0.15) is 50.3 Å². The molecule has 2 aromatic rings. The van der Waals surface area contributed by atoms with Gasteiger partial charge in [0.2, 0.25) is 11.8 Å². The highest BCUT2D eigenvalue weighted by atomic mass is 16.5. The van der Waals surface area contributed by atoms with E-state index in [0.29, 0.717) is 17.9 Å². The summed E-state index contributed by atoms with van der Waals surface area (Å²) in [7, 11) is 1.79. The zero-order chi connectivity index (χ0) is 17.8. The summed E-state index contributed by atoms with van der Waals surface area (Å²) in [4.78, 5) is 2.66. The lowest BCUT2D eigenvalue weighted by Crippen LogP contribution is -2.33. The molecule has 2 aliphatic rings. The van der Waals surface area contributed by atoms with Crippen LogP contribution >= 0.6 is 0 Å². The van der Waals surface area contributed by atoms with Crippen molar-refractivity contribution in [1.29, 1.82) is 0 Å². The maximum absolute atomic E-state index is 6.09. The zero-order valence-corrected chi connectivity index (χ0v) is 15.6. The number of aromatic nitrogens is 2. The normalized spacial score (nSPS) is 25.4. The number of likely N-dealkylation sites (tertiary alicyclic amines) is 1. The number of ether oxygens (including phenoxy) is 1. The minimum absolute atomic E-state index is 0.267. The molecule has 0 radical (unpaired) electrons. The van der Waals surface area contributed by atoms with Crippen LogP contribution < -0.4 is 0 Å². The van der Waals surface area contributed by atoms with Crippen molar-refractivity contribution in [3.8, 4) is 11.5 Å². The molecule has 2 atom stereocenters. The van der Waals surface area contributed by atoms with E-state index < -0.39 is 0 Å². The molecule has 1 aliphatic heterocycles. The van der Waals surface area contributed by atoms with Gasteiger partial charge in [-0.25, -0.2) is 0 Å². The van der Waals surface area contributed by atoms with Crippen LogP contribution in [0.2, 0.25) is 0 Å². The number of benzene rings is 1. The Bertz CT molecular complexity index is 680. The van der Waals surface area contributed by atoms with Crippen molar-refractivity contribution in [3.05, 3.63) is 36.2 Å². The van der Waals surface area contributed by atoms with Crippen LogP contribution in [0.15, 0.2) is 34.7 Å². The lowest BCUT2D eigenvalue weighted by Gasteiger charge is -2.26. The van der Waals surface area contributed by atoms with Crippen molar-refractivity contribution in [2.45, 2.75) is 50.5 Å². The van der Waals surface area contributed by atoms with Gasteiger partial charge >= 0.3 is 0 Å². The van der Waals surface area contributed by atoms with Crippen molar-refractivity contribution < 1.29 is 9.15 Å². The monoisotopic (exact) mass is 355 g/mol. The molecule has 1 aromatic heterocycles. The first-order valence-electron chi connectivity index (χ1n) is 9.97. The number of nitrogens with zero attached hydrogens (tertiary/aromatic N) is 3. The minimum Gasteiger partial charge on any atom is -0.420 e. The number of rotatable bonds is 5. The Morgan fingerprint density at radius 1 is 1.04 bits per heavy atom. The van der Waals surface area contributed by atoms with Gasteiger partial charge in [-0.3, -0.25) is 4.90 Å². The van der Waals surface area contributed by atoms with E-state index in [1.807, 2.05) is 30.3 Å². The molecule has 1 aliphatic carbocycles. The van der Waals surface area contributed by atoms with Crippen molar-refractivity contribution in [3.63, 3.8) is 0 Å². The summed E-state index contributed by atoms with van der Waals surface area (Å²) in [5.41, 5.74) is 0.980. The van der Waals surface area contributed by atoms with E-state index in [4.69, 9.17) is 9.15 Å². The fourth-order valence-electron chi connectivity index (χ4n) is 4.57. The van der Waals surface area contributed by atoms with Crippen molar-refractivity contribution >= 4 is 0 Å². The number of hydrogen-bond donors (Lipinski definition) is 0. The highest BCUT2D eigenvalue weighted by Gasteiger charge is 2.39. The van der Waals surface area contributed by atoms with Crippen molar-refractivity contribution in [2.75, 3.05) is 26.8 Å². The molecule has 5 heteroatoms. The topological polar surface area (TPSA) is 51.4 Å². The van der Waals surface area contributed by atoms with Crippen molar-refractivity contribution in [1.82, 2.24) is 15.1 Å². The Balaban J connectivity index is 1.51. The first kappa shape index (κ1) is 17.7. The minimum atomic E-state index is 0.267. The molecule has 0 amide bonds. The van der Waals surface area contributed by atoms with Crippen LogP contribution in [0.25, 0.3) is 11.5 Å². The Morgan fingerprint density at radius 3 is 2.54 bits per heavy atom. The fraction of sp³-hybridized carbons (Fsp3) is 0.619. The molecule has 1 aromatic carbocycles. The van der Waals surface area contributed by atoms with Crippen LogP contribution in [-0.2, 0) is 4.74 Å². The fourth-order valence-corrected chi connectivity index (χ4v) is 4.57. The largest absolute Gasteiger partial charge is 0.420 e. The molecule has 0 unspecified atom stereocenters. The van der Waals surface area contributed by atoms with Crippen LogP contribution in [-0.4, -0.2) is 47.9 Å². The summed E-state index contributed by atoms with van der Waals surface area (Å²) < 4.78 is 11.6. The summed E-state index contributed by atoms with van der Waals surface area (Å²) in [5, 5.41) is 8.71. The average molecular weight is 355 g/mol. The van der Waals surface area contributed by atoms with Gasteiger partial charge in [0, 0.05) is 37.7 Å². The summed E-state index contributed by atoms with van der Waals surface area (Å²) in [6.45, 7) is 2.83. The van der Waals surface area contributed by atoms with E-state index in [9.17, 15) is 0 Å². The van der Waals surface area contributed by atoms with Gasteiger partial charge in [-0.05, 0) is 25.0 Å². The van der Waals surface area contributed by atoms with E-state index in [0.717, 1.165) is 31.2 Å². The molecule has 1 saturated heterocycles. The Hall–Kier alpha value is -1.72. The quantitative estimate of drug-likeness (QED) is 0.755. The third kappa shape index (κ3) is 3.84. The predicted molar refractivity (Wildman–Crippen MR) is 101 cm³/mol. The van der Waals surface area contributed by atoms with Gasteiger partial charge < -0.3 is 9.15 Å². The van der Waals surface area contributed by atoms with Gasteiger partial charge in [-0.1, -0.05) is 43.9 Å². The molecule has 2 fully saturated rings. The van der Waals surface area contributed by atoms with Crippen LogP contribution in [0.4, 0.5) is 0 Å². The van der Waals surface area contributed by atoms with Crippen LogP contribution in [0.5, 0.6) is 0 Å². The number of methoxy groups -OCH3 is 1. The third-order valence-electron chi connectivity index (χ3n) is 5.97. The maximum atomic E-state index is 6.09. The third-order valence-corrected chi connectivity index (χ3v) is 5.97. The molecule has 5 nitrogen and oxygen atoms in total. The predicted octanol–water partition coefficient (Wildman–Crippen LogP) is 4.12. The highest BCUT2D eigenvalue weighted by Crippen LogP contribution is 2.36. The van der Waals surface area contributed by atoms with E-state index in [-0.39, 0.29) is 5.92 Å². The van der Waals surface area contributed by atoms with Gasteiger partial charge in [0.15, 0.2) is 0 Å². The Kier molecular flexibility index (Phi) is 5.65. The molecule has 0 spiro atoms. The van der Waals surface area contributed by atoms with Gasteiger partial charge in [-0.2, -0.15) is 0 Å². The second kappa shape index (κ2) is 8.31. The van der Waals surface area contributed by atoms with Gasteiger partial charge in [0.05, 0.1) is 12.5 Å². The summed E-state index contributed by atoms with van der Waals surface area (Å²) in [5.74, 6) is 2.07. The molecule has 4 rings (SSSR count). The average Bonchev–Trinajstić information content (AvgIpc) is 3.23. The van der Waals surface area contributed by atoms with E-state index in [2.05, 4.69) is 15.1 Å². The Morgan fingerprint density at radius 2 is 1.81 bits per heavy atom. The zero-order valence-electron chi connectivity index (χ0n) is 15.6. The van der Waals surface area contributed by atoms with E-state index in [1.54, 1.807) is 7.11 Å². The second-order valence-electron chi connectivity index (χ2n) is 7.73. The van der Waals surface area contributed by atoms with Gasteiger partial charge in [-0.15, -0.1) is 10.2 Å². The molecule has 0 bridgehead atoms. The SMILES string of the molecule is COC[C@@H]1CN(C2CCCCCC2)C[C@H]1c1nnc(-c2ccccc2)o1. The second-order valence-corrected chi connectivity index (χ2v) is 7.73. The standard InChI is InChI=1S/C21H29N3O2/c1-25-15-17-13-24(18-11-7-2-3-8-12-18)14-19(17)21-23-22-20(26-21)16-9-5-4-6-10-16/h4-6,9-10,17-19H,2-3,7-8,11-15H2,1H3/t17-,19+/m0/s1. The van der Waals surface area contributed by atoms with Crippen LogP contribution in [0.3, 0.4) is 0 Å². The first-order valence-corrected chi connectivity index (χ1v) is 9.97. The molecule has 140 valence electrons. The van der Waals surface area contributed by atoms with E-state index >= 15 is 0 Å². The van der Waals surface area contributed by atoms with Gasteiger partial charge in [0.1, 0.15) is 0 Å². The Labute approximate surface area is 155 Å². The summed E-state index contributed by atoms with van der Waals surface area (Å²) in [6, 6.07) is 10.7. The van der Waals surface area contributed by atoms with Crippen molar-refractivity contribution in [2.24, 2.45) is 5.92 Å². The van der Waals surface area contributed by atoms with E-state index in [1.165, 1.54) is 38.5 Å². The molecular weight excluding hydrogens is 326 g/mol.